The van der Waals surface area contributed by atoms with Gasteiger partial charge >= 0.3 is 23.9 Å². The van der Waals surface area contributed by atoms with Gasteiger partial charge in [0.25, 0.3) is 5.91 Å². The number of carbonyl (C=O) groups excluding carboxylic acids is 5. The number of anilines is 1. The monoisotopic (exact) mass is 437 g/mol. The van der Waals surface area contributed by atoms with Crippen LogP contribution in [-0.4, -0.2) is 54.7 Å². The Bertz CT molecular complexity index is 849. The van der Waals surface area contributed by atoms with Crippen LogP contribution in [0.25, 0.3) is 0 Å². The Morgan fingerprint density at radius 1 is 0.839 bits per heavy atom. The second kappa shape index (κ2) is 11.7. The van der Waals surface area contributed by atoms with Gasteiger partial charge < -0.3 is 24.3 Å². The van der Waals surface area contributed by atoms with Crippen LogP contribution in [0.4, 0.5) is 5.69 Å². The van der Waals surface area contributed by atoms with E-state index in [1.807, 2.05) is 13.0 Å². The van der Waals surface area contributed by atoms with E-state index >= 15 is 0 Å². The zero-order chi connectivity index (χ0) is 23.7. The van der Waals surface area contributed by atoms with E-state index in [2.05, 4.69) is 5.32 Å². The summed E-state index contributed by atoms with van der Waals surface area (Å²) in [5.41, 5.74) is 2.16. The number of benzene rings is 1. The number of rotatable bonds is 9. The van der Waals surface area contributed by atoms with Gasteiger partial charge in [-0.25, -0.2) is 0 Å². The molecule has 10 heteroatoms. The van der Waals surface area contributed by atoms with Crippen LogP contribution in [-0.2, 0) is 42.9 Å². The van der Waals surface area contributed by atoms with Crippen molar-refractivity contribution in [3.63, 3.8) is 0 Å². The maximum absolute atomic E-state index is 13.0. The molecular weight excluding hydrogens is 410 g/mol. The summed E-state index contributed by atoms with van der Waals surface area (Å²) in [5, 5.41) is 2.61. The predicted octanol–water partition coefficient (Wildman–Crippen LogP) is 1.60. The van der Waals surface area contributed by atoms with E-state index in [0.717, 1.165) is 38.8 Å². The molecule has 0 saturated heterocycles. The SMILES string of the molecule is CC(=O)OC[C@H](OC(C)=O)[C@@H](OC(C)=O)[C@@H](OC(C)=O)C(=O)Nc1ccc(C)cc1C. The van der Waals surface area contributed by atoms with Gasteiger partial charge in [-0.2, -0.15) is 0 Å². The zero-order valence-corrected chi connectivity index (χ0v) is 18.3. The molecule has 0 fully saturated rings. The van der Waals surface area contributed by atoms with E-state index in [4.69, 9.17) is 18.9 Å². The normalized spacial score (nSPS) is 13.2. The predicted molar refractivity (Wildman–Crippen MR) is 108 cm³/mol. The molecule has 0 saturated carbocycles. The van der Waals surface area contributed by atoms with Gasteiger partial charge in [0.15, 0.2) is 12.2 Å². The van der Waals surface area contributed by atoms with E-state index in [0.29, 0.717) is 5.69 Å². The van der Waals surface area contributed by atoms with Crippen molar-refractivity contribution >= 4 is 35.5 Å². The first-order valence-electron chi connectivity index (χ1n) is 9.43. The number of aryl methyl sites for hydroxylation is 2. The quantitative estimate of drug-likeness (QED) is 0.451. The molecule has 1 aromatic carbocycles. The summed E-state index contributed by atoms with van der Waals surface area (Å²) < 4.78 is 20.3. The molecule has 0 aromatic heterocycles. The van der Waals surface area contributed by atoms with Gasteiger partial charge in [0.1, 0.15) is 6.61 Å². The van der Waals surface area contributed by atoms with Gasteiger partial charge in [-0.3, -0.25) is 24.0 Å². The topological polar surface area (TPSA) is 134 Å². The summed E-state index contributed by atoms with van der Waals surface area (Å²) in [6, 6.07) is 5.27. The third-order valence-corrected chi connectivity index (χ3v) is 3.93. The number of amides is 1. The molecule has 3 atom stereocenters. The Labute approximate surface area is 180 Å². The fourth-order valence-corrected chi connectivity index (χ4v) is 2.74. The highest BCUT2D eigenvalue weighted by molar-refractivity contribution is 5.96. The second-order valence-electron chi connectivity index (χ2n) is 6.86. The molecule has 10 nitrogen and oxygen atoms in total. The van der Waals surface area contributed by atoms with E-state index < -0.39 is 54.7 Å². The lowest BCUT2D eigenvalue weighted by atomic mass is 10.1. The van der Waals surface area contributed by atoms with Crippen molar-refractivity contribution in [2.45, 2.75) is 59.9 Å². The minimum Gasteiger partial charge on any atom is -0.462 e. The highest BCUT2D eigenvalue weighted by atomic mass is 16.6. The summed E-state index contributed by atoms with van der Waals surface area (Å²) in [7, 11) is 0. The Balaban J connectivity index is 3.32. The van der Waals surface area contributed by atoms with E-state index in [1.54, 1.807) is 19.1 Å². The van der Waals surface area contributed by atoms with Gasteiger partial charge in [-0.1, -0.05) is 17.7 Å². The number of esters is 4. The molecule has 0 aliphatic heterocycles. The average molecular weight is 437 g/mol. The molecule has 0 aliphatic rings. The van der Waals surface area contributed by atoms with Crippen molar-refractivity contribution in [3.8, 4) is 0 Å². The summed E-state index contributed by atoms with van der Waals surface area (Å²) in [6.07, 6.45) is -4.67. The molecule has 0 radical (unpaired) electrons. The van der Waals surface area contributed by atoms with Gasteiger partial charge in [0, 0.05) is 33.4 Å². The number of nitrogens with one attached hydrogen (secondary N) is 1. The molecule has 0 bridgehead atoms. The van der Waals surface area contributed by atoms with Crippen LogP contribution in [0.5, 0.6) is 0 Å². The largest absolute Gasteiger partial charge is 0.462 e. The van der Waals surface area contributed by atoms with Crippen LogP contribution in [0.3, 0.4) is 0 Å². The average Bonchev–Trinajstić information content (AvgIpc) is 2.63. The highest BCUT2D eigenvalue weighted by Crippen LogP contribution is 2.20. The third-order valence-electron chi connectivity index (χ3n) is 3.93. The van der Waals surface area contributed by atoms with Gasteiger partial charge in [0.05, 0.1) is 0 Å². The van der Waals surface area contributed by atoms with Crippen LogP contribution in [0.15, 0.2) is 18.2 Å². The van der Waals surface area contributed by atoms with Gasteiger partial charge in [0.2, 0.25) is 6.10 Å². The molecule has 0 heterocycles. The van der Waals surface area contributed by atoms with Crippen molar-refractivity contribution in [2.24, 2.45) is 0 Å². The molecule has 0 spiro atoms. The first-order chi connectivity index (χ1) is 14.4. The van der Waals surface area contributed by atoms with Crippen molar-refractivity contribution < 1.29 is 42.9 Å². The molecule has 31 heavy (non-hydrogen) atoms. The lowest BCUT2D eigenvalue weighted by Crippen LogP contribution is -2.52. The second-order valence-corrected chi connectivity index (χ2v) is 6.86. The first kappa shape index (κ1) is 25.6. The van der Waals surface area contributed by atoms with Crippen molar-refractivity contribution in [1.82, 2.24) is 0 Å². The highest BCUT2D eigenvalue weighted by Gasteiger charge is 2.42. The minimum absolute atomic E-state index is 0.443. The Kier molecular flexibility index (Phi) is 9.65. The number of carbonyl (C=O) groups is 5. The molecule has 0 unspecified atom stereocenters. The summed E-state index contributed by atoms with van der Waals surface area (Å²) in [4.78, 5) is 59.2. The fourth-order valence-electron chi connectivity index (χ4n) is 2.74. The minimum atomic E-state index is -1.69. The van der Waals surface area contributed by atoms with Crippen LogP contribution in [0, 0.1) is 13.8 Å². The summed E-state index contributed by atoms with van der Waals surface area (Å²) in [6.45, 7) is 7.47. The van der Waals surface area contributed by atoms with Gasteiger partial charge in [-0.05, 0) is 25.5 Å². The molecule has 1 aromatic rings. The third kappa shape index (κ3) is 8.85. The molecule has 1 N–H and O–H groups in total. The number of ether oxygens (including phenoxy) is 4. The molecular formula is C21H27NO9. The van der Waals surface area contributed by atoms with E-state index in [9.17, 15) is 24.0 Å². The van der Waals surface area contributed by atoms with Crippen LogP contribution in [0.1, 0.15) is 38.8 Å². The van der Waals surface area contributed by atoms with E-state index in [1.165, 1.54) is 0 Å². The number of hydrogen-bond acceptors (Lipinski definition) is 9. The lowest BCUT2D eigenvalue weighted by Gasteiger charge is -2.31. The van der Waals surface area contributed by atoms with E-state index in [-0.39, 0.29) is 0 Å². The fraction of sp³-hybridized carbons (Fsp3) is 0.476. The molecule has 1 amide bonds. The summed E-state index contributed by atoms with van der Waals surface area (Å²) in [5.74, 6) is -3.98. The first-order valence-corrected chi connectivity index (χ1v) is 9.43. The van der Waals surface area contributed by atoms with Crippen LogP contribution >= 0.6 is 0 Å². The van der Waals surface area contributed by atoms with Gasteiger partial charge in [-0.15, -0.1) is 0 Å². The molecule has 170 valence electrons. The van der Waals surface area contributed by atoms with Crippen molar-refractivity contribution in [1.29, 1.82) is 0 Å². The zero-order valence-electron chi connectivity index (χ0n) is 18.3. The number of hydrogen-bond donors (Lipinski definition) is 1. The summed E-state index contributed by atoms with van der Waals surface area (Å²) >= 11 is 0. The van der Waals surface area contributed by atoms with Crippen molar-refractivity contribution in [2.75, 3.05) is 11.9 Å². The van der Waals surface area contributed by atoms with Crippen molar-refractivity contribution in [3.05, 3.63) is 29.3 Å². The van der Waals surface area contributed by atoms with Crippen LogP contribution < -0.4 is 5.32 Å². The smallest absolute Gasteiger partial charge is 0.303 e. The molecule has 1 rings (SSSR count). The Morgan fingerprint density at radius 2 is 1.42 bits per heavy atom. The standard InChI is InChI=1S/C21H27NO9/c1-11-7-8-17(12(2)9-11)22-21(27)20(31-16(6)26)19(30-15(5)25)18(29-14(4)24)10-28-13(3)23/h7-9,18-20H,10H2,1-6H3,(H,22,27)/t18-,19+,20+/m0/s1. The van der Waals surface area contributed by atoms with Crippen LogP contribution in [0.2, 0.25) is 0 Å². The Morgan fingerprint density at radius 3 is 1.90 bits per heavy atom. The Hall–Kier alpha value is -3.43. The lowest BCUT2D eigenvalue weighted by molar-refractivity contribution is -0.190. The molecule has 0 aliphatic carbocycles. The maximum atomic E-state index is 13.0. The maximum Gasteiger partial charge on any atom is 0.303 e.